The second-order valence-electron chi connectivity index (χ2n) is 5.88. The molecule has 0 saturated carbocycles. The molecule has 1 aliphatic heterocycles. The zero-order chi connectivity index (χ0) is 18.8. The number of tetrazole rings is 1. The summed E-state index contributed by atoms with van der Waals surface area (Å²) in [4.78, 5) is 26.9. The highest BCUT2D eigenvalue weighted by molar-refractivity contribution is 7.12. The number of benzene rings is 1. The van der Waals surface area contributed by atoms with E-state index in [2.05, 4.69) is 20.8 Å². The van der Waals surface area contributed by atoms with Crippen LogP contribution in [0.2, 0.25) is 0 Å². The van der Waals surface area contributed by atoms with E-state index in [9.17, 15) is 9.59 Å². The molecule has 0 aliphatic carbocycles. The molecule has 2 amide bonds. The van der Waals surface area contributed by atoms with Gasteiger partial charge in [-0.2, -0.15) is 4.68 Å². The molecule has 3 aromatic rings. The fourth-order valence-electron chi connectivity index (χ4n) is 2.99. The normalized spacial score (nSPS) is 13.8. The molecule has 1 aromatic carbocycles. The smallest absolute Gasteiger partial charge is 0.267 e. The average Bonchev–Trinajstić information content (AvgIpc) is 3.42. The van der Waals surface area contributed by atoms with Gasteiger partial charge in [0.15, 0.2) is 0 Å². The predicted octanol–water partition coefficient (Wildman–Crippen LogP) is 2.11. The van der Waals surface area contributed by atoms with Crippen molar-refractivity contribution in [3.63, 3.8) is 0 Å². The Morgan fingerprint density at radius 3 is 2.89 bits per heavy atom. The highest BCUT2D eigenvalue weighted by atomic mass is 32.1. The molecular formula is C17H16N6O3S. The summed E-state index contributed by atoms with van der Waals surface area (Å²) in [6, 6.07) is 7.03. The van der Waals surface area contributed by atoms with E-state index in [1.807, 2.05) is 0 Å². The Morgan fingerprint density at radius 1 is 1.30 bits per heavy atom. The van der Waals surface area contributed by atoms with Crippen LogP contribution in [-0.4, -0.2) is 45.7 Å². The van der Waals surface area contributed by atoms with Crippen LogP contribution >= 0.6 is 11.3 Å². The van der Waals surface area contributed by atoms with Crippen molar-refractivity contribution in [1.82, 2.24) is 20.2 Å². The van der Waals surface area contributed by atoms with Gasteiger partial charge in [0.2, 0.25) is 5.91 Å². The van der Waals surface area contributed by atoms with E-state index in [1.165, 1.54) is 22.3 Å². The monoisotopic (exact) mass is 384 g/mol. The molecule has 9 nitrogen and oxygen atoms in total. The molecule has 0 spiro atoms. The Balaban J connectivity index is 1.57. The van der Waals surface area contributed by atoms with Gasteiger partial charge in [0, 0.05) is 24.7 Å². The van der Waals surface area contributed by atoms with Gasteiger partial charge >= 0.3 is 0 Å². The van der Waals surface area contributed by atoms with Crippen molar-refractivity contribution >= 4 is 34.5 Å². The molecule has 2 aromatic heterocycles. The largest absolute Gasteiger partial charge is 0.494 e. The molecule has 0 atom stereocenters. The van der Waals surface area contributed by atoms with Crippen molar-refractivity contribution in [2.75, 3.05) is 23.9 Å². The van der Waals surface area contributed by atoms with Crippen molar-refractivity contribution in [2.24, 2.45) is 0 Å². The lowest BCUT2D eigenvalue weighted by Gasteiger charge is -2.19. The number of amides is 2. The molecule has 0 unspecified atom stereocenters. The van der Waals surface area contributed by atoms with Gasteiger partial charge in [-0.05, 0) is 40.4 Å². The summed E-state index contributed by atoms with van der Waals surface area (Å²) in [7, 11) is 1.54. The third kappa shape index (κ3) is 3.26. The number of methoxy groups -OCH3 is 1. The van der Waals surface area contributed by atoms with Gasteiger partial charge in [-0.1, -0.05) is 0 Å². The number of thiophene rings is 1. The fraction of sp³-hybridized carbons (Fsp3) is 0.235. The summed E-state index contributed by atoms with van der Waals surface area (Å²) >= 11 is 1.30. The third-order valence-corrected chi connectivity index (χ3v) is 5.15. The van der Waals surface area contributed by atoms with Crippen LogP contribution in [0.4, 0.5) is 11.4 Å². The van der Waals surface area contributed by atoms with E-state index >= 15 is 0 Å². The number of carbonyl (C=O) groups excluding carboxylic acids is 2. The molecule has 0 radical (unpaired) electrons. The van der Waals surface area contributed by atoms with Crippen LogP contribution in [0.15, 0.2) is 36.0 Å². The number of anilines is 2. The maximum Gasteiger partial charge on any atom is 0.267 e. The summed E-state index contributed by atoms with van der Waals surface area (Å²) in [5, 5.41) is 15.7. The van der Waals surface area contributed by atoms with Crippen LogP contribution in [0.1, 0.15) is 22.5 Å². The van der Waals surface area contributed by atoms with Crippen molar-refractivity contribution in [3.05, 3.63) is 40.8 Å². The lowest BCUT2D eigenvalue weighted by molar-refractivity contribution is -0.117. The molecule has 3 heterocycles. The number of nitrogens with zero attached hydrogens (tertiary/aromatic N) is 5. The zero-order valence-corrected chi connectivity index (χ0v) is 15.3. The summed E-state index contributed by atoms with van der Waals surface area (Å²) in [5.74, 6) is 0.340. The molecule has 1 fully saturated rings. The van der Waals surface area contributed by atoms with Gasteiger partial charge in [-0.3, -0.25) is 9.59 Å². The maximum atomic E-state index is 12.7. The Labute approximate surface area is 158 Å². The van der Waals surface area contributed by atoms with E-state index in [-0.39, 0.29) is 11.8 Å². The number of hydrogen-bond donors (Lipinski definition) is 1. The van der Waals surface area contributed by atoms with Crippen LogP contribution in [0.3, 0.4) is 0 Å². The molecule has 1 N–H and O–H groups in total. The highest BCUT2D eigenvalue weighted by Crippen LogP contribution is 2.34. The SMILES string of the molecule is COc1cc(NC(=O)c2sccc2-n2cnnn2)ccc1N1CCCC1=O. The number of hydrogen-bond acceptors (Lipinski definition) is 7. The van der Waals surface area contributed by atoms with Crippen molar-refractivity contribution in [2.45, 2.75) is 12.8 Å². The minimum atomic E-state index is -0.275. The predicted molar refractivity (Wildman–Crippen MR) is 99.6 cm³/mol. The van der Waals surface area contributed by atoms with Crippen LogP contribution in [0, 0.1) is 0 Å². The van der Waals surface area contributed by atoms with Crippen molar-refractivity contribution in [3.8, 4) is 11.4 Å². The Hall–Kier alpha value is -3.27. The van der Waals surface area contributed by atoms with Gasteiger partial charge in [-0.15, -0.1) is 16.4 Å². The third-order valence-electron chi connectivity index (χ3n) is 4.25. The van der Waals surface area contributed by atoms with E-state index in [0.29, 0.717) is 40.7 Å². The van der Waals surface area contributed by atoms with Gasteiger partial charge in [-0.25, -0.2) is 0 Å². The molecule has 10 heteroatoms. The van der Waals surface area contributed by atoms with Crippen molar-refractivity contribution < 1.29 is 14.3 Å². The van der Waals surface area contributed by atoms with E-state index in [4.69, 9.17) is 4.74 Å². The molecule has 1 saturated heterocycles. The Morgan fingerprint density at radius 2 is 2.19 bits per heavy atom. The summed E-state index contributed by atoms with van der Waals surface area (Å²) < 4.78 is 6.87. The van der Waals surface area contributed by atoms with Gasteiger partial charge in [0.05, 0.1) is 18.5 Å². The van der Waals surface area contributed by atoms with Crippen LogP contribution in [0.25, 0.3) is 5.69 Å². The summed E-state index contributed by atoms with van der Waals surface area (Å²) in [5.41, 5.74) is 1.89. The quantitative estimate of drug-likeness (QED) is 0.723. The Kier molecular flexibility index (Phi) is 4.55. The lowest BCUT2D eigenvalue weighted by atomic mass is 10.2. The molecule has 27 heavy (non-hydrogen) atoms. The maximum absolute atomic E-state index is 12.7. The molecule has 138 valence electrons. The minimum Gasteiger partial charge on any atom is -0.494 e. The van der Waals surface area contributed by atoms with Crippen LogP contribution < -0.4 is 15.0 Å². The topological polar surface area (TPSA) is 102 Å². The molecule has 0 bridgehead atoms. The average molecular weight is 384 g/mol. The first-order chi connectivity index (χ1) is 13.2. The first-order valence-electron chi connectivity index (χ1n) is 8.28. The van der Waals surface area contributed by atoms with Gasteiger partial charge in [0.25, 0.3) is 5.91 Å². The zero-order valence-electron chi connectivity index (χ0n) is 14.5. The minimum absolute atomic E-state index is 0.0785. The Bertz CT molecular complexity index is 984. The lowest BCUT2D eigenvalue weighted by Crippen LogP contribution is -2.24. The van der Waals surface area contributed by atoms with E-state index < -0.39 is 0 Å². The van der Waals surface area contributed by atoms with Crippen LogP contribution in [-0.2, 0) is 4.79 Å². The standard InChI is InChI=1S/C17H16N6O3S/c1-26-14-9-11(4-5-12(14)22-7-2-3-15(22)24)19-17(25)16-13(6-8-27-16)23-10-18-20-21-23/h4-6,8-10H,2-3,7H2,1H3,(H,19,25). The van der Waals surface area contributed by atoms with Crippen molar-refractivity contribution in [1.29, 1.82) is 0 Å². The number of aromatic nitrogens is 4. The van der Waals surface area contributed by atoms with Crippen LogP contribution in [0.5, 0.6) is 5.75 Å². The first kappa shape index (κ1) is 17.2. The summed E-state index contributed by atoms with van der Waals surface area (Å²) in [6.45, 7) is 0.672. The molecular weight excluding hydrogens is 368 g/mol. The van der Waals surface area contributed by atoms with Gasteiger partial charge in [0.1, 0.15) is 17.0 Å². The number of rotatable bonds is 5. The summed E-state index contributed by atoms with van der Waals surface area (Å²) in [6.07, 6.45) is 2.81. The molecule has 4 rings (SSSR count). The second-order valence-corrected chi connectivity index (χ2v) is 6.80. The van der Waals surface area contributed by atoms with E-state index in [1.54, 1.807) is 41.7 Å². The highest BCUT2D eigenvalue weighted by Gasteiger charge is 2.25. The van der Waals surface area contributed by atoms with E-state index in [0.717, 1.165) is 6.42 Å². The number of nitrogens with one attached hydrogen (secondary N) is 1. The van der Waals surface area contributed by atoms with Gasteiger partial charge < -0.3 is 15.0 Å². The number of ether oxygens (including phenoxy) is 1. The number of carbonyl (C=O) groups is 2. The molecule has 1 aliphatic rings. The second kappa shape index (κ2) is 7.16. The fourth-order valence-corrected chi connectivity index (χ4v) is 3.77. The first-order valence-corrected chi connectivity index (χ1v) is 9.16.